The number of carbonyl (C=O) groups is 2. The molecule has 0 aliphatic rings. The molecule has 0 radical (unpaired) electrons. The number of ether oxygens (including phenoxy) is 2. The molecule has 2 aromatic carbocycles. The number of esters is 2. The monoisotopic (exact) mass is 390 g/mol. The molecule has 2 rings (SSSR count). The van der Waals surface area contributed by atoms with Crippen molar-refractivity contribution in [3.8, 4) is 5.75 Å². The minimum Gasteiger partial charge on any atom is -0.465 e. The third-order valence-electron chi connectivity index (χ3n) is 3.54. The summed E-state index contributed by atoms with van der Waals surface area (Å²) >= 11 is 3.28. The highest BCUT2D eigenvalue weighted by Crippen LogP contribution is 2.26. The summed E-state index contributed by atoms with van der Waals surface area (Å²) in [4.78, 5) is 24.2. The Labute approximate surface area is 149 Å². The highest BCUT2D eigenvalue weighted by Gasteiger charge is 2.19. The van der Waals surface area contributed by atoms with Crippen LogP contribution in [0.25, 0.3) is 0 Å². The number of benzene rings is 2. The van der Waals surface area contributed by atoms with E-state index in [1.54, 1.807) is 30.3 Å². The van der Waals surface area contributed by atoms with Crippen molar-refractivity contribution in [3.63, 3.8) is 0 Å². The van der Waals surface area contributed by atoms with E-state index in [-0.39, 0.29) is 16.7 Å². The zero-order valence-corrected chi connectivity index (χ0v) is 15.6. The quantitative estimate of drug-likeness (QED) is 0.560. The number of halogens is 1. The molecule has 126 valence electrons. The van der Waals surface area contributed by atoms with Gasteiger partial charge in [0.05, 0.1) is 12.7 Å². The molecule has 5 heteroatoms. The van der Waals surface area contributed by atoms with Gasteiger partial charge < -0.3 is 9.47 Å². The number of hydrogen-bond acceptors (Lipinski definition) is 4. The molecule has 0 atom stereocenters. The Hall–Kier alpha value is -2.14. The first kappa shape index (κ1) is 18.2. The van der Waals surface area contributed by atoms with E-state index in [1.165, 1.54) is 7.11 Å². The Balaban J connectivity index is 2.25. The number of carbonyl (C=O) groups excluding carboxylic acids is 2. The maximum Gasteiger partial charge on any atom is 0.343 e. The molecule has 2 aromatic rings. The molecule has 0 saturated carbocycles. The van der Waals surface area contributed by atoms with Gasteiger partial charge in [-0.2, -0.15) is 0 Å². The van der Waals surface area contributed by atoms with E-state index in [0.29, 0.717) is 10.0 Å². The molecule has 0 bridgehead atoms. The zero-order chi connectivity index (χ0) is 17.9. The first-order valence-electron chi connectivity index (χ1n) is 7.43. The lowest BCUT2D eigenvalue weighted by Crippen LogP contribution is -2.14. The van der Waals surface area contributed by atoms with Gasteiger partial charge in [0.1, 0.15) is 11.3 Å². The SMILES string of the molecule is COC(=O)c1cc(Br)ccc1OC(=O)c1ccc(C(C)(C)C)cc1. The molecule has 0 aliphatic heterocycles. The van der Waals surface area contributed by atoms with Gasteiger partial charge >= 0.3 is 11.9 Å². The predicted molar refractivity (Wildman–Crippen MR) is 95.6 cm³/mol. The molecule has 0 unspecified atom stereocenters. The molecule has 4 nitrogen and oxygen atoms in total. The highest BCUT2D eigenvalue weighted by molar-refractivity contribution is 9.10. The molecular weight excluding hydrogens is 372 g/mol. The van der Waals surface area contributed by atoms with Crippen LogP contribution in [-0.4, -0.2) is 19.0 Å². The van der Waals surface area contributed by atoms with Gasteiger partial charge in [-0.05, 0) is 41.3 Å². The van der Waals surface area contributed by atoms with Crippen LogP contribution in [0.3, 0.4) is 0 Å². The zero-order valence-electron chi connectivity index (χ0n) is 14.1. The molecule has 0 N–H and O–H groups in total. The van der Waals surface area contributed by atoms with Crippen molar-refractivity contribution in [1.29, 1.82) is 0 Å². The van der Waals surface area contributed by atoms with E-state index in [2.05, 4.69) is 36.7 Å². The highest BCUT2D eigenvalue weighted by atomic mass is 79.9. The van der Waals surface area contributed by atoms with Crippen molar-refractivity contribution in [3.05, 3.63) is 63.6 Å². The van der Waals surface area contributed by atoms with E-state index in [0.717, 1.165) is 5.56 Å². The number of rotatable bonds is 3. The minimum atomic E-state index is -0.567. The maximum absolute atomic E-state index is 12.3. The Kier molecular flexibility index (Phi) is 5.44. The van der Waals surface area contributed by atoms with Gasteiger partial charge in [-0.25, -0.2) is 9.59 Å². The summed E-state index contributed by atoms with van der Waals surface area (Å²) < 4.78 is 10.8. The molecular formula is C19H19BrO4. The molecule has 0 spiro atoms. The second kappa shape index (κ2) is 7.18. The fourth-order valence-corrected chi connectivity index (χ4v) is 2.49. The molecule has 0 amide bonds. The first-order valence-corrected chi connectivity index (χ1v) is 8.22. The summed E-state index contributed by atoms with van der Waals surface area (Å²) in [7, 11) is 1.28. The van der Waals surface area contributed by atoms with Crippen LogP contribution in [0.4, 0.5) is 0 Å². The molecule has 0 fully saturated rings. The van der Waals surface area contributed by atoms with Crippen LogP contribution < -0.4 is 4.74 Å². The van der Waals surface area contributed by atoms with Gasteiger partial charge in [0.15, 0.2) is 0 Å². The van der Waals surface area contributed by atoms with Crippen LogP contribution in [0.1, 0.15) is 47.1 Å². The number of hydrogen-bond donors (Lipinski definition) is 0. The lowest BCUT2D eigenvalue weighted by molar-refractivity contribution is 0.0593. The van der Waals surface area contributed by atoms with E-state index in [1.807, 2.05) is 12.1 Å². The van der Waals surface area contributed by atoms with Crippen molar-refractivity contribution in [2.75, 3.05) is 7.11 Å². The van der Waals surface area contributed by atoms with Gasteiger partial charge in [-0.1, -0.05) is 48.8 Å². The third kappa shape index (κ3) is 4.23. The molecule has 0 aliphatic carbocycles. The van der Waals surface area contributed by atoms with Gasteiger partial charge in [0, 0.05) is 4.47 Å². The van der Waals surface area contributed by atoms with Crippen molar-refractivity contribution in [2.24, 2.45) is 0 Å². The fraction of sp³-hybridized carbons (Fsp3) is 0.263. The predicted octanol–water partition coefficient (Wildman–Crippen LogP) is 4.75. The van der Waals surface area contributed by atoms with Crippen LogP contribution in [0.5, 0.6) is 5.75 Å². The smallest absolute Gasteiger partial charge is 0.343 e. The summed E-state index contributed by atoms with van der Waals surface area (Å²) in [6.45, 7) is 6.31. The van der Waals surface area contributed by atoms with Gasteiger partial charge in [-0.15, -0.1) is 0 Å². The Bertz CT molecular complexity index is 758. The normalized spacial score (nSPS) is 11.0. The molecule has 0 heterocycles. The van der Waals surface area contributed by atoms with Crippen molar-refractivity contribution in [2.45, 2.75) is 26.2 Å². The van der Waals surface area contributed by atoms with E-state index >= 15 is 0 Å². The lowest BCUT2D eigenvalue weighted by Gasteiger charge is -2.19. The summed E-state index contributed by atoms with van der Waals surface area (Å²) in [6.07, 6.45) is 0. The van der Waals surface area contributed by atoms with Crippen molar-refractivity contribution in [1.82, 2.24) is 0 Å². The van der Waals surface area contributed by atoms with E-state index < -0.39 is 11.9 Å². The largest absolute Gasteiger partial charge is 0.465 e. The maximum atomic E-state index is 12.3. The summed E-state index contributed by atoms with van der Waals surface area (Å²) in [6, 6.07) is 12.0. The second-order valence-electron chi connectivity index (χ2n) is 6.35. The summed E-state index contributed by atoms with van der Waals surface area (Å²) in [5, 5.41) is 0. The van der Waals surface area contributed by atoms with Crippen LogP contribution in [0.15, 0.2) is 46.9 Å². The Morgan fingerprint density at radius 3 is 2.12 bits per heavy atom. The molecule has 0 saturated heterocycles. The van der Waals surface area contributed by atoms with E-state index in [4.69, 9.17) is 9.47 Å². The standard InChI is InChI=1S/C19H19BrO4/c1-19(2,3)13-7-5-12(6-8-13)17(21)24-16-10-9-14(20)11-15(16)18(22)23-4/h5-11H,1-4H3. The number of methoxy groups -OCH3 is 1. The van der Waals surface area contributed by atoms with E-state index in [9.17, 15) is 9.59 Å². The Morgan fingerprint density at radius 2 is 1.58 bits per heavy atom. The topological polar surface area (TPSA) is 52.6 Å². The van der Waals surface area contributed by atoms with Crippen LogP contribution in [0.2, 0.25) is 0 Å². The van der Waals surface area contributed by atoms with Gasteiger partial charge in [-0.3, -0.25) is 0 Å². The van der Waals surface area contributed by atoms with Gasteiger partial charge in [0.25, 0.3) is 0 Å². The molecule has 0 aromatic heterocycles. The van der Waals surface area contributed by atoms with Crippen LogP contribution in [0, 0.1) is 0 Å². The van der Waals surface area contributed by atoms with Crippen molar-refractivity contribution >= 4 is 27.9 Å². The van der Waals surface area contributed by atoms with Gasteiger partial charge in [0.2, 0.25) is 0 Å². The minimum absolute atomic E-state index is 0.00615. The average molecular weight is 391 g/mol. The lowest BCUT2D eigenvalue weighted by atomic mass is 9.87. The Morgan fingerprint density at radius 1 is 0.958 bits per heavy atom. The summed E-state index contributed by atoms with van der Waals surface area (Å²) in [5.41, 5.74) is 1.73. The second-order valence-corrected chi connectivity index (χ2v) is 7.26. The average Bonchev–Trinajstić information content (AvgIpc) is 2.55. The fourth-order valence-electron chi connectivity index (χ4n) is 2.13. The van der Waals surface area contributed by atoms with Crippen molar-refractivity contribution < 1.29 is 19.1 Å². The first-order chi connectivity index (χ1) is 11.2. The third-order valence-corrected chi connectivity index (χ3v) is 4.03. The van der Waals surface area contributed by atoms with Crippen LogP contribution >= 0.6 is 15.9 Å². The van der Waals surface area contributed by atoms with Crippen LogP contribution in [-0.2, 0) is 10.2 Å². The summed E-state index contributed by atoms with van der Waals surface area (Å²) in [5.74, 6) is -0.930. The molecule has 24 heavy (non-hydrogen) atoms.